The molecule has 0 amide bonds. The molecule has 16 heavy (non-hydrogen) atoms. The van der Waals surface area contributed by atoms with Gasteiger partial charge in [-0.2, -0.15) is 5.26 Å². The van der Waals surface area contributed by atoms with E-state index in [4.69, 9.17) is 5.26 Å². The summed E-state index contributed by atoms with van der Waals surface area (Å²) in [6.07, 6.45) is 4.24. The molecule has 2 heteroatoms. The molecule has 0 aromatic carbocycles. The molecule has 0 bridgehead atoms. The van der Waals surface area contributed by atoms with Crippen LogP contribution in [0.15, 0.2) is 0 Å². The van der Waals surface area contributed by atoms with Crippen LogP contribution in [0.25, 0.3) is 0 Å². The summed E-state index contributed by atoms with van der Waals surface area (Å²) in [5.41, 5.74) is 0.482. The zero-order chi connectivity index (χ0) is 12.4. The first-order chi connectivity index (χ1) is 7.38. The van der Waals surface area contributed by atoms with Gasteiger partial charge in [-0.15, -0.1) is 0 Å². The van der Waals surface area contributed by atoms with Crippen LogP contribution in [0.2, 0.25) is 0 Å². The standard InChI is InChI=1S/C14H26N2/c1-6-12-10-14(7-2,8-9-15)11-16(12)13(3,4)5/h12H,6-8,10-11H2,1-5H3/t12-,14-/m0/s1. The van der Waals surface area contributed by atoms with Gasteiger partial charge in [0.05, 0.1) is 6.07 Å². The van der Waals surface area contributed by atoms with E-state index in [0.29, 0.717) is 12.5 Å². The minimum Gasteiger partial charge on any atom is -0.295 e. The number of hydrogen-bond donors (Lipinski definition) is 0. The van der Waals surface area contributed by atoms with Crippen molar-refractivity contribution in [3.63, 3.8) is 0 Å². The third-order valence-electron chi connectivity index (χ3n) is 4.15. The number of nitriles is 1. The first kappa shape index (κ1) is 13.5. The maximum Gasteiger partial charge on any atom is 0.0628 e. The highest BCUT2D eigenvalue weighted by molar-refractivity contribution is 5.02. The summed E-state index contributed by atoms with van der Waals surface area (Å²) >= 11 is 0. The summed E-state index contributed by atoms with van der Waals surface area (Å²) in [6, 6.07) is 3.05. The smallest absolute Gasteiger partial charge is 0.0628 e. The monoisotopic (exact) mass is 222 g/mol. The summed E-state index contributed by atoms with van der Waals surface area (Å²) in [5.74, 6) is 0. The van der Waals surface area contributed by atoms with E-state index in [0.717, 1.165) is 13.0 Å². The topological polar surface area (TPSA) is 27.0 Å². The van der Waals surface area contributed by atoms with E-state index < -0.39 is 0 Å². The lowest BCUT2D eigenvalue weighted by atomic mass is 9.80. The molecule has 0 saturated carbocycles. The molecule has 1 aliphatic rings. The fraction of sp³-hybridized carbons (Fsp3) is 0.929. The van der Waals surface area contributed by atoms with Crippen molar-refractivity contribution in [2.24, 2.45) is 5.41 Å². The van der Waals surface area contributed by atoms with E-state index in [-0.39, 0.29) is 11.0 Å². The number of nitrogens with zero attached hydrogens (tertiary/aromatic N) is 2. The predicted molar refractivity (Wildman–Crippen MR) is 68.1 cm³/mol. The Bertz CT molecular complexity index is 271. The Morgan fingerprint density at radius 3 is 2.31 bits per heavy atom. The summed E-state index contributed by atoms with van der Waals surface area (Å²) < 4.78 is 0. The Morgan fingerprint density at radius 1 is 1.38 bits per heavy atom. The summed E-state index contributed by atoms with van der Waals surface area (Å²) in [4.78, 5) is 2.60. The van der Waals surface area contributed by atoms with Crippen LogP contribution in [-0.2, 0) is 0 Å². The molecule has 1 heterocycles. The zero-order valence-corrected chi connectivity index (χ0v) is 11.5. The SMILES string of the molecule is CC[C@H]1C[C@](CC)(CC#N)CN1C(C)(C)C. The lowest BCUT2D eigenvalue weighted by Crippen LogP contribution is -2.45. The molecular weight excluding hydrogens is 196 g/mol. The van der Waals surface area contributed by atoms with Gasteiger partial charge in [0.25, 0.3) is 0 Å². The Kier molecular flexibility index (Phi) is 4.02. The van der Waals surface area contributed by atoms with Gasteiger partial charge in [-0.05, 0) is 45.4 Å². The summed E-state index contributed by atoms with van der Waals surface area (Å²) in [5, 5.41) is 9.00. The van der Waals surface area contributed by atoms with Gasteiger partial charge in [0.2, 0.25) is 0 Å². The maximum absolute atomic E-state index is 9.00. The second-order valence-corrected chi connectivity index (χ2v) is 6.25. The van der Waals surface area contributed by atoms with Crippen molar-refractivity contribution in [2.75, 3.05) is 6.54 Å². The van der Waals surface area contributed by atoms with Crippen LogP contribution < -0.4 is 0 Å². The van der Waals surface area contributed by atoms with Gasteiger partial charge in [0, 0.05) is 24.5 Å². The largest absolute Gasteiger partial charge is 0.295 e. The molecule has 0 radical (unpaired) electrons. The minimum absolute atomic E-state index is 0.229. The molecule has 1 fully saturated rings. The molecule has 0 spiro atoms. The zero-order valence-electron chi connectivity index (χ0n) is 11.5. The van der Waals surface area contributed by atoms with Crippen LogP contribution >= 0.6 is 0 Å². The highest BCUT2D eigenvalue weighted by atomic mass is 15.2. The van der Waals surface area contributed by atoms with Crippen LogP contribution in [0.3, 0.4) is 0 Å². The molecule has 2 atom stereocenters. The Morgan fingerprint density at radius 2 is 2.00 bits per heavy atom. The average molecular weight is 222 g/mol. The summed E-state index contributed by atoms with van der Waals surface area (Å²) in [7, 11) is 0. The van der Waals surface area contributed by atoms with E-state index in [1.165, 1.54) is 12.8 Å². The molecule has 0 N–H and O–H groups in total. The molecule has 0 unspecified atom stereocenters. The van der Waals surface area contributed by atoms with Gasteiger partial charge in [-0.1, -0.05) is 13.8 Å². The number of rotatable bonds is 3. The van der Waals surface area contributed by atoms with Crippen LogP contribution in [0.5, 0.6) is 0 Å². The Balaban J connectivity index is 2.88. The van der Waals surface area contributed by atoms with Crippen LogP contribution in [0.1, 0.15) is 60.3 Å². The van der Waals surface area contributed by atoms with E-state index in [1.54, 1.807) is 0 Å². The van der Waals surface area contributed by atoms with Crippen molar-refractivity contribution < 1.29 is 0 Å². The fourth-order valence-electron chi connectivity index (χ4n) is 2.99. The lowest BCUT2D eigenvalue weighted by Gasteiger charge is -2.37. The highest BCUT2D eigenvalue weighted by Gasteiger charge is 2.45. The Labute approximate surface area is 101 Å². The third kappa shape index (κ3) is 2.58. The second kappa shape index (κ2) is 4.75. The third-order valence-corrected chi connectivity index (χ3v) is 4.15. The van der Waals surface area contributed by atoms with Crippen molar-refractivity contribution in [1.29, 1.82) is 5.26 Å². The lowest BCUT2D eigenvalue weighted by molar-refractivity contribution is 0.108. The van der Waals surface area contributed by atoms with Gasteiger partial charge in [0.15, 0.2) is 0 Å². The van der Waals surface area contributed by atoms with Crippen molar-refractivity contribution >= 4 is 0 Å². The molecule has 1 aliphatic heterocycles. The fourth-order valence-corrected chi connectivity index (χ4v) is 2.99. The number of hydrogen-bond acceptors (Lipinski definition) is 2. The van der Waals surface area contributed by atoms with Gasteiger partial charge in [0.1, 0.15) is 0 Å². The highest BCUT2D eigenvalue weighted by Crippen LogP contribution is 2.44. The second-order valence-electron chi connectivity index (χ2n) is 6.25. The maximum atomic E-state index is 9.00. The molecule has 1 saturated heterocycles. The van der Waals surface area contributed by atoms with E-state index >= 15 is 0 Å². The van der Waals surface area contributed by atoms with E-state index in [2.05, 4.69) is 45.6 Å². The van der Waals surface area contributed by atoms with Gasteiger partial charge < -0.3 is 0 Å². The van der Waals surface area contributed by atoms with E-state index in [1.807, 2.05) is 0 Å². The molecule has 1 rings (SSSR count). The van der Waals surface area contributed by atoms with Crippen molar-refractivity contribution in [2.45, 2.75) is 71.9 Å². The molecule has 92 valence electrons. The molecule has 0 aliphatic carbocycles. The Hall–Kier alpha value is -0.550. The quantitative estimate of drug-likeness (QED) is 0.730. The summed E-state index contributed by atoms with van der Waals surface area (Å²) in [6.45, 7) is 12.5. The molecule has 2 nitrogen and oxygen atoms in total. The van der Waals surface area contributed by atoms with Crippen LogP contribution in [0.4, 0.5) is 0 Å². The van der Waals surface area contributed by atoms with Crippen molar-refractivity contribution in [3.05, 3.63) is 0 Å². The van der Waals surface area contributed by atoms with Crippen molar-refractivity contribution in [3.8, 4) is 6.07 Å². The predicted octanol–water partition coefficient (Wildman–Crippen LogP) is 3.58. The van der Waals surface area contributed by atoms with E-state index in [9.17, 15) is 0 Å². The molecule has 0 aromatic rings. The van der Waals surface area contributed by atoms with Crippen LogP contribution in [-0.4, -0.2) is 23.0 Å². The first-order valence-electron chi connectivity index (χ1n) is 6.52. The van der Waals surface area contributed by atoms with Gasteiger partial charge >= 0.3 is 0 Å². The minimum atomic E-state index is 0.229. The molecular formula is C14H26N2. The normalized spacial score (nSPS) is 31.6. The van der Waals surface area contributed by atoms with Crippen molar-refractivity contribution in [1.82, 2.24) is 4.90 Å². The van der Waals surface area contributed by atoms with Crippen LogP contribution in [0, 0.1) is 16.7 Å². The first-order valence-corrected chi connectivity index (χ1v) is 6.52. The average Bonchev–Trinajstić information content (AvgIpc) is 2.58. The van der Waals surface area contributed by atoms with Gasteiger partial charge in [-0.3, -0.25) is 4.90 Å². The molecule has 0 aromatic heterocycles. The van der Waals surface area contributed by atoms with Gasteiger partial charge in [-0.25, -0.2) is 0 Å². The number of likely N-dealkylation sites (tertiary alicyclic amines) is 1.